The molecule has 206 valence electrons. The van der Waals surface area contributed by atoms with Crippen molar-refractivity contribution in [2.24, 2.45) is 11.8 Å². The molecule has 4 atom stereocenters. The van der Waals surface area contributed by atoms with Crippen LogP contribution in [0, 0.1) is 11.8 Å². The fourth-order valence-corrected chi connectivity index (χ4v) is 9.50. The molecule has 7 heteroatoms. The average molecular weight is 539 g/mol. The maximum atomic E-state index is 13.0. The quantitative estimate of drug-likeness (QED) is 0.0847. The van der Waals surface area contributed by atoms with Crippen molar-refractivity contribution in [1.29, 1.82) is 0 Å². The third kappa shape index (κ3) is 5.70. The zero-order valence-corrected chi connectivity index (χ0v) is 24.2. The highest BCUT2D eigenvalue weighted by Gasteiger charge is 2.64. The number of fused-ring (bicyclic) bond motifs is 2. The predicted molar refractivity (Wildman–Crippen MR) is 151 cm³/mol. The molecule has 0 heterocycles. The van der Waals surface area contributed by atoms with E-state index in [0.717, 1.165) is 48.7 Å². The van der Waals surface area contributed by atoms with Crippen molar-refractivity contribution in [2.75, 3.05) is 20.5 Å². The maximum Gasteiger partial charge on any atom is 0.338 e. The lowest BCUT2D eigenvalue weighted by atomic mass is 9.84. The Kier molecular flexibility index (Phi) is 9.34. The smallest absolute Gasteiger partial charge is 0.338 e. The summed E-state index contributed by atoms with van der Waals surface area (Å²) >= 11 is 0. The van der Waals surface area contributed by atoms with E-state index in [9.17, 15) is 4.79 Å². The Bertz CT molecular complexity index is 1060. The van der Waals surface area contributed by atoms with Crippen LogP contribution in [0.3, 0.4) is 0 Å². The summed E-state index contributed by atoms with van der Waals surface area (Å²) in [6, 6.07) is 19.8. The van der Waals surface area contributed by atoms with Crippen LogP contribution >= 0.6 is 0 Å². The summed E-state index contributed by atoms with van der Waals surface area (Å²) < 4.78 is 30.5. The number of rotatable bonds is 14. The lowest BCUT2D eigenvalue weighted by Crippen LogP contribution is -2.52. The zero-order chi connectivity index (χ0) is 27.2. The van der Waals surface area contributed by atoms with E-state index in [1.54, 1.807) is 19.2 Å². The Labute approximate surface area is 228 Å². The first-order valence-electron chi connectivity index (χ1n) is 13.9. The van der Waals surface area contributed by atoms with Crippen LogP contribution in [-0.4, -0.2) is 46.5 Å². The molecule has 2 aliphatic rings. The Morgan fingerprint density at radius 1 is 0.974 bits per heavy atom. The van der Waals surface area contributed by atoms with Crippen LogP contribution in [0.25, 0.3) is 0 Å². The van der Waals surface area contributed by atoms with E-state index in [0.29, 0.717) is 17.9 Å². The van der Waals surface area contributed by atoms with Crippen molar-refractivity contribution in [2.45, 2.75) is 69.9 Å². The van der Waals surface area contributed by atoms with Gasteiger partial charge in [0.25, 0.3) is 0 Å². The van der Waals surface area contributed by atoms with Crippen LogP contribution in [0.1, 0.15) is 50.4 Å². The Balaban J connectivity index is 1.49. The van der Waals surface area contributed by atoms with Gasteiger partial charge in [0.1, 0.15) is 17.6 Å². The van der Waals surface area contributed by atoms with Crippen LogP contribution in [0.4, 0.5) is 0 Å². The zero-order valence-electron chi connectivity index (χ0n) is 23.2. The summed E-state index contributed by atoms with van der Waals surface area (Å²) in [6.45, 7) is 11.7. The minimum absolute atomic E-state index is 0.0790. The molecule has 2 aromatic rings. The summed E-state index contributed by atoms with van der Waals surface area (Å²) in [5.41, 5.74) is 0.989. The van der Waals surface area contributed by atoms with Crippen LogP contribution in [0.15, 0.2) is 66.7 Å². The minimum atomic E-state index is -2.00. The second-order valence-electron chi connectivity index (χ2n) is 10.5. The third-order valence-corrected chi connectivity index (χ3v) is 13.4. The fourth-order valence-electron chi connectivity index (χ4n) is 6.39. The lowest BCUT2D eigenvalue weighted by Gasteiger charge is -2.45. The molecule has 6 nitrogen and oxygen atoms in total. The van der Waals surface area contributed by atoms with Crippen LogP contribution in [-0.2, 0) is 13.9 Å². The van der Waals surface area contributed by atoms with E-state index in [4.69, 9.17) is 23.4 Å². The van der Waals surface area contributed by atoms with Gasteiger partial charge in [-0.1, -0.05) is 45.5 Å². The molecule has 0 aromatic heterocycles. The molecule has 38 heavy (non-hydrogen) atoms. The first kappa shape index (κ1) is 28.4. The van der Waals surface area contributed by atoms with Gasteiger partial charge in [0.15, 0.2) is 15.1 Å². The topological polar surface area (TPSA) is 63.2 Å². The highest BCUT2D eigenvalue weighted by Crippen LogP contribution is 2.59. The molecular formula is C31H42O6Si. The molecule has 2 aliphatic carbocycles. The van der Waals surface area contributed by atoms with E-state index in [1.165, 1.54) is 0 Å². The fraction of sp³-hybridized carbons (Fsp3) is 0.516. The van der Waals surface area contributed by atoms with Gasteiger partial charge in [-0.3, -0.25) is 0 Å². The monoisotopic (exact) mass is 538 g/mol. The highest BCUT2D eigenvalue weighted by atomic mass is 28.4. The number of hydrogen-bond donors (Lipinski definition) is 0. The summed E-state index contributed by atoms with van der Waals surface area (Å²) in [7, 11) is -0.366. The second kappa shape index (κ2) is 12.5. The molecule has 0 spiro atoms. The molecule has 2 saturated carbocycles. The molecule has 1 unspecified atom stereocenters. The molecular weight excluding hydrogens is 496 g/mol. The molecule has 2 bridgehead atoms. The molecule has 0 aliphatic heterocycles. The molecule has 2 fully saturated rings. The molecule has 0 N–H and O–H groups in total. The van der Waals surface area contributed by atoms with Gasteiger partial charge in [0.05, 0.1) is 24.9 Å². The molecule has 0 radical (unpaired) electrons. The second-order valence-corrected chi connectivity index (χ2v) is 15.1. The van der Waals surface area contributed by atoms with Gasteiger partial charge < -0.3 is 23.4 Å². The summed E-state index contributed by atoms with van der Waals surface area (Å²) in [4.78, 5) is 13.0. The number of hydrogen-bond acceptors (Lipinski definition) is 6. The first-order valence-corrected chi connectivity index (χ1v) is 16.4. The van der Waals surface area contributed by atoms with Gasteiger partial charge in [0, 0.05) is 5.92 Å². The van der Waals surface area contributed by atoms with Crippen LogP contribution in [0.2, 0.25) is 18.1 Å². The molecule has 4 rings (SSSR count). The Morgan fingerprint density at radius 3 is 2.26 bits per heavy atom. The molecule has 0 saturated heterocycles. The van der Waals surface area contributed by atoms with Crippen molar-refractivity contribution in [3.8, 4) is 11.5 Å². The van der Waals surface area contributed by atoms with Gasteiger partial charge in [-0.2, -0.15) is 0 Å². The normalized spacial score (nSPS) is 24.3. The number of carbonyl (C=O) groups excluding carboxylic acids is 1. The van der Waals surface area contributed by atoms with Crippen molar-refractivity contribution >= 4 is 14.3 Å². The number of carbonyl (C=O) groups is 1. The Hall–Kier alpha value is -2.61. The van der Waals surface area contributed by atoms with Gasteiger partial charge >= 0.3 is 5.97 Å². The predicted octanol–water partition coefficient (Wildman–Crippen LogP) is 7.02. The third-order valence-electron chi connectivity index (χ3n) is 8.73. The van der Waals surface area contributed by atoms with E-state index in [-0.39, 0.29) is 30.7 Å². The molecule has 0 amide bonds. The molecule has 2 aromatic carbocycles. The number of benzene rings is 2. The standard InChI is InChI=1S/C31H42O6Si/c1-6-38(7-2,8-3)37-31(23(4)21-34-22-35-27-17-15-26(33-5)16-18-27)25-14-19-28(31)29(20-25)36-30(32)24-12-10-9-11-13-24/h9-13,15-18,25,28-29H,4,6-8,14,19-22H2,1-3,5H3/t25-,28+,29+,31?/m1/s1. The van der Waals surface area contributed by atoms with Gasteiger partial charge in [-0.15, -0.1) is 0 Å². The number of esters is 1. The van der Waals surface area contributed by atoms with Gasteiger partial charge in [-0.05, 0) is 85.3 Å². The SMILES string of the molecule is C=C(COCOc1ccc(OC)cc1)C1(O[Si](CC)(CC)CC)[C@@H]2CC[C@H]1[C@@H](OC(=O)c1ccccc1)C2. The van der Waals surface area contributed by atoms with E-state index in [2.05, 4.69) is 27.4 Å². The summed E-state index contributed by atoms with van der Waals surface area (Å²) in [5, 5.41) is 0. The van der Waals surface area contributed by atoms with Crippen molar-refractivity contribution in [3.05, 3.63) is 72.3 Å². The van der Waals surface area contributed by atoms with Crippen LogP contribution in [0.5, 0.6) is 11.5 Å². The number of ether oxygens (including phenoxy) is 4. The summed E-state index contributed by atoms with van der Waals surface area (Å²) in [5.74, 6) is 1.56. The van der Waals surface area contributed by atoms with Crippen molar-refractivity contribution in [1.82, 2.24) is 0 Å². The van der Waals surface area contributed by atoms with Crippen molar-refractivity contribution < 1.29 is 28.2 Å². The van der Waals surface area contributed by atoms with Crippen LogP contribution < -0.4 is 9.47 Å². The van der Waals surface area contributed by atoms with E-state index >= 15 is 0 Å². The number of methoxy groups -OCH3 is 1. The van der Waals surface area contributed by atoms with Gasteiger partial charge in [-0.25, -0.2) is 4.79 Å². The summed E-state index contributed by atoms with van der Waals surface area (Å²) in [6.07, 6.45) is 2.62. The largest absolute Gasteiger partial charge is 0.497 e. The van der Waals surface area contributed by atoms with Crippen molar-refractivity contribution in [3.63, 3.8) is 0 Å². The Morgan fingerprint density at radius 2 is 1.63 bits per heavy atom. The minimum Gasteiger partial charge on any atom is -0.497 e. The van der Waals surface area contributed by atoms with E-state index in [1.807, 2.05) is 42.5 Å². The van der Waals surface area contributed by atoms with Gasteiger partial charge in [0.2, 0.25) is 0 Å². The highest BCUT2D eigenvalue weighted by molar-refractivity contribution is 6.73. The first-order chi connectivity index (χ1) is 18.4. The average Bonchev–Trinajstić information content (AvgIpc) is 3.46. The maximum absolute atomic E-state index is 13.0. The van der Waals surface area contributed by atoms with E-state index < -0.39 is 13.9 Å². The lowest BCUT2D eigenvalue weighted by molar-refractivity contribution is -0.0217.